The molecule has 1 aromatic heterocycles. The maximum absolute atomic E-state index is 9.20. The Bertz CT molecular complexity index is 343. The molecule has 0 saturated carbocycles. The number of anilines is 1. The van der Waals surface area contributed by atoms with Crippen LogP contribution in [0.3, 0.4) is 0 Å². The first-order valence-electron chi connectivity index (χ1n) is 4.45. The minimum Gasteiger partial charge on any atom is -0.394 e. The van der Waals surface area contributed by atoms with Gasteiger partial charge in [-0.15, -0.1) is 10.2 Å². The van der Waals surface area contributed by atoms with Gasteiger partial charge in [-0.1, -0.05) is 18.5 Å². The Kier molecular flexibility index (Phi) is 4.07. The quantitative estimate of drug-likeness (QED) is 0.853. The molecule has 1 heterocycles. The van der Waals surface area contributed by atoms with Crippen LogP contribution < -0.4 is 5.32 Å². The molecule has 0 aliphatic carbocycles. The Morgan fingerprint density at radius 1 is 1.40 bits per heavy atom. The van der Waals surface area contributed by atoms with Gasteiger partial charge in [-0.2, -0.15) is 4.98 Å². The normalized spacial score (nSPS) is 14.7. The fraction of sp³-hybridized carbons (Fsp3) is 0.625. The Balaban J connectivity index is 2.92. The van der Waals surface area contributed by atoms with Crippen molar-refractivity contribution in [2.75, 3.05) is 11.9 Å². The second-order valence-corrected chi connectivity index (χ2v) is 4.11. The molecule has 1 rings (SSSR count). The Morgan fingerprint density at radius 2 is 2.07 bits per heavy atom. The largest absolute Gasteiger partial charge is 0.394 e. The lowest BCUT2D eigenvalue weighted by molar-refractivity contribution is 0.218. The fourth-order valence-electron chi connectivity index (χ4n) is 0.898. The van der Waals surface area contributed by atoms with E-state index >= 15 is 0 Å². The molecule has 1 unspecified atom stereocenters. The van der Waals surface area contributed by atoms with Gasteiger partial charge in [0, 0.05) is 0 Å². The third-order valence-corrected chi connectivity index (χ3v) is 2.58. The molecule has 0 aromatic carbocycles. The van der Waals surface area contributed by atoms with Crippen LogP contribution in [-0.2, 0) is 0 Å². The molecule has 0 aliphatic heterocycles. The summed E-state index contributed by atoms with van der Waals surface area (Å²) < 4.78 is 0. The summed E-state index contributed by atoms with van der Waals surface area (Å²) in [5, 5.41) is 19.4. The van der Waals surface area contributed by atoms with Gasteiger partial charge in [-0.25, -0.2) is 0 Å². The predicted molar refractivity (Wildman–Crippen MR) is 59.3 cm³/mol. The molecule has 1 aromatic rings. The molecule has 2 N–H and O–H groups in total. The van der Waals surface area contributed by atoms with E-state index in [1.165, 1.54) is 0 Å². The topological polar surface area (TPSA) is 70.9 Å². The zero-order valence-corrected chi connectivity index (χ0v) is 9.97. The molecule has 5 nitrogen and oxygen atoms in total. The summed E-state index contributed by atoms with van der Waals surface area (Å²) in [5.74, 6) is 0.329. The summed E-state index contributed by atoms with van der Waals surface area (Å²) in [6.45, 7) is 3.74. The van der Waals surface area contributed by atoms with Gasteiger partial charge in [-0.3, -0.25) is 0 Å². The maximum Gasteiger partial charge on any atom is 0.245 e. The number of rotatable bonds is 4. The molecular weight excluding hydrogens is 239 g/mol. The van der Waals surface area contributed by atoms with Crippen LogP contribution in [0, 0.1) is 0 Å². The molecule has 0 fully saturated rings. The van der Waals surface area contributed by atoms with Crippen molar-refractivity contribution in [2.45, 2.75) is 25.8 Å². The van der Waals surface area contributed by atoms with Gasteiger partial charge in [0.15, 0.2) is 11.0 Å². The highest BCUT2D eigenvalue weighted by molar-refractivity contribution is 6.32. The molecule has 15 heavy (non-hydrogen) atoms. The van der Waals surface area contributed by atoms with Crippen molar-refractivity contribution in [3.05, 3.63) is 10.4 Å². The van der Waals surface area contributed by atoms with Gasteiger partial charge in [0.1, 0.15) is 0 Å². The molecule has 0 amide bonds. The summed E-state index contributed by atoms with van der Waals surface area (Å²) in [6.07, 6.45) is 0.710. The van der Waals surface area contributed by atoms with E-state index in [-0.39, 0.29) is 17.0 Å². The molecular formula is C8H12Cl2N4O. The first-order valence-corrected chi connectivity index (χ1v) is 5.21. The first kappa shape index (κ1) is 12.4. The van der Waals surface area contributed by atoms with Crippen molar-refractivity contribution < 1.29 is 5.11 Å². The Morgan fingerprint density at radius 3 is 2.60 bits per heavy atom. The number of hydrogen-bond donors (Lipinski definition) is 2. The number of nitrogens with one attached hydrogen (secondary N) is 1. The smallest absolute Gasteiger partial charge is 0.245 e. The van der Waals surface area contributed by atoms with Crippen molar-refractivity contribution in [1.82, 2.24) is 15.2 Å². The minimum atomic E-state index is -0.497. The van der Waals surface area contributed by atoms with Crippen LogP contribution >= 0.6 is 23.2 Å². The number of halogens is 2. The van der Waals surface area contributed by atoms with Gasteiger partial charge in [0.2, 0.25) is 5.28 Å². The molecule has 84 valence electrons. The van der Waals surface area contributed by atoms with Crippen molar-refractivity contribution in [1.29, 1.82) is 0 Å². The van der Waals surface area contributed by atoms with Gasteiger partial charge >= 0.3 is 0 Å². The van der Waals surface area contributed by atoms with Crippen LogP contribution in [0.4, 0.5) is 5.82 Å². The highest BCUT2D eigenvalue weighted by Crippen LogP contribution is 2.22. The van der Waals surface area contributed by atoms with E-state index in [1.54, 1.807) is 0 Å². The number of aliphatic hydroxyl groups excluding tert-OH is 1. The van der Waals surface area contributed by atoms with Crippen molar-refractivity contribution in [2.24, 2.45) is 0 Å². The number of aromatic nitrogens is 3. The molecule has 7 heteroatoms. The molecule has 0 aliphatic rings. The van der Waals surface area contributed by atoms with E-state index in [4.69, 9.17) is 23.2 Å². The van der Waals surface area contributed by atoms with Crippen LogP contribution in [0.25, 0.3) is 0 Å². The molecule has 1 atom stereocenters. The van der Waals surface area contributed by atoms with Crippen molar-refractivity contribution in [3.8, 4) is 0 Å². The fourth-order valence-corrected chi connectivity index (χ4v) is 1.15. The molecule has 0 saturated heterocycles. The third kappa shape index (κ3) is 3.15. The first-order chi connectivity index (χ1) is 7.00. The van der Waals surface area contributed by atoms with E-state index in [9.17, 15) is 5.11 Å². The lowest BCUT2D eigenvalue weighted by atomic mass is 10.0. The van der Waals surface area contributed by atoms with Crippen LogP contribution in [-0.4, -0.2) is 32.4 Å². The van der Waals surface area contributed by atoms with Gasteiger partial charge in [0.25, 0.3) is 0 Å². The standard InChI is InChI=1S/C8H12Cl2N4O/c1-3-8(2,4-15)12-6-5(9)13-14-7(10)11-6/h15H,3-4H2,1-2H3,(H,11,12,14). The zero-order chi connectivity index (χ0) is 11.5. The summed E-state index contributed by atoms with van der Waals surface area (Å²) in [5.41, 5.74) is -0.497. The second-order valence-electron chi connectivity index (χ2n) is 3.42. The van der Waals surface area contributed by atoms with Crippen LogP contribution in [0.2, 0.25) is 10.4 Å². The average Bonchev–Trinajstić information content (AvgIpc) is 2.23. The highest BCUT2D eigenvalue weighted by Gasteiger charge is 2.22. The number of nitrogens with zero attached hydrogens (tertiary/aromatic N) is 3. The second kappa shape index (κ2) is 4.92. The maximum atomic E-state index is 9.20. The van der Waals surface area contributed by atoms with E-state index < -0.39 is 5.54 Å². The molecule has 0 radical (unpaired) electrons. The van der Waals surface area contributed by atoms with Crippen molar-refractivity contribution >= 4 is 29.0 Å². The predicted octanol–water partition coefficient (Wildman–Crippen LogP) is 1.75. The highest BCUT2D eigenvalue weighted by atomic mass is 35.5. The zero-order valence-electron chi connectivity index (χ0n) is 8.46. The summed E-state index contributed by atoms with van der Waals surface area (Å²) >= 11 is 11.4. The monoisotopic (exact) mass is 250 g/mol. The van der Waals surface area contributed by atoms with Crippen LogP contribution in [0.15, 0.2) is 0 Å². The van der Waals surface area contributed by atoms with E-state index in [2.05, 4.69) is 20.5 Å². The van der Waals surface area contributed by atoms with E-state index in [0.29, 0.717) is 12.2 Å². The minimum absolute atomic E-state index is 0.0123. The number of aliphatic hydroxyl groups is 1. The average molecular weight is 251 g/mol. The van der Waals surface area contributed by atoms with Gasteiger partial charge in [-0.05, 0) is 24.9 Å². The summed E-state index contributed by atoms with van der Waals surface area (Å²) in [4.78, 5) is 3.89. The van der Waals surface area contributed by atoms with E-state index in [1.807, 2.05) is 13.8 Å². The van der Waals surface area contributed by atoms with Crippen LogP contribution in [0.1, 0.15) is 20.3 Å². The van der Waals surface area contributed by atoms with Gasteiger partial charge < -0.3 is 10.4 Å². The lowest BCUT2D eigenvalue weighted by Crippen LogP contribution is -2.38. The third-order valence-electron chi connectivity index (χ3n) is 2.17. The van der Waals surface area contributed by atoms with Gasteiger partial charge in [0.05, 0.1) is 12.1 Å². The summed E-state index contributed by atoms with van der Waals surface area (Å²) in [6, 6.07) is 0. The SMILES string of the molecule is CCC(C)(CO)Nc1nc(Cl)nnc1Cl. The Labute approximate surface area is 97.8 Å². The molecule has 0 bridgehead atoms. The lowest BCUT2D eigenvalue weighted by Gasteiger charge is -2.27. The number of hydrogen-bond acceptors (Lipinski definition) is 5. The van der Waals surface area contributed by atoms with E-state index in [0.717, 1.165) is 0 Å². The summed E-state index contributed by atoms with van der Waals surface area (Å²) in [7, 11) is 0. The molecule has 0 spiro atoms. The van der Waals surface area contributed by atoms with Crippen LogP contribution in [0.5, 0.6) is 0 Å². The Hall–Kier alpha value is -0.650. The van der Waals surface area contributed by atoms with Crippen molar-refractivity contribution in [3.63, 3.8) is 0 Å².